The monoisotopic (exact) mass is 452 g/mol. The van der Waals surface area contributed by atoms with E-state index in [1.165, 1.54) is 11.3 Å². The number of hydrogen-bond donors (Lipinski definition) is 2. The zero-order chi connectivity index (χ0) is 22.7. The molecule has 0 radical (unpaired) electrons. The second kappa shape index (κ2) is 9.35. The summed E-state index contributed by atoms with van der Waals surface area (Å²) in [6, 6.07) is 12.1. The molecule has 0 saturated heterocycles. The maximum absolute atomic E-state index is 13.0. The van der Waals surface area contributed by atoms with Gasteiger partial charge in [-0.15, -0.1) is 10.2 Å². The SMILES string of the molecule is CCC(C)C(NC(=O)c1ccc2c(c1)OCO2)C(=O)Nc1nnc(-c2ccc(C)cc2)s1. The number of carbonyl (C=O) groups is 2. The lowest BCUT2D eigenvalue weighted by Crippen LogP contribution is -2.47. The Kier molecular flexibility index (Phi) is 6.36. The number of ether oxygens (including phenoxy) is 2. The summed E-state index contributed by atoms with van der Waals surface area (Å²) in [6.07, 6.45) is 0.713. The molecule has 2 heterocycles. The van der Waals surface area contributed by atoms with E-state index in [4.69, 9.17) is 9.47 Å². The van der Waals surface area contributed by atoms with Crippen LogP contribution in [0, 0.1) is 12.8 Å². The summed E-state index contributed by atoms with van der Waals surface area (Å²) in [6.45, 7) is 6.04. The lowest BCUT2D eigenvalue weighted by molar-refractivity contribution is -0.119. The van der Waals surface area contributed by atoms with E-state index in [2.05, 4.69) is 20.8 Å². The Morgan fingerprint density at radius 3 is 2.59 bits per heavy atom. The Hall–Kier alpha value is -3.46. The van der Waals surface area contributed by atoms with E-state index in [0.29, 0.717) is 33.6 Å². The van der Waals surface area contributed by atoms with Crippen molar-refractivity contribution in [3.05, 3.63) is 53.6 Å². The van der Waals surface area contributed by atoms with Gasteiger partial charge in [-0.25, -0.2) is 0 Å². The van der Waals surface area contributed by atoms with Crippen LogP contribution >= 0.6 is 11.3 Å². The average Bonchev–Trinajstić information content (AvgIpc) is 3.46. The lowest BCUT2D eigenvalue weighted by Gasteiger charge is -2.23. The van der Waals surface area contributed by atoms with Crippen LogP contribution in [0.4, 0.5) is 5.13 Å². The number of anilines is 1. The Balaban J connectivity index is 1.46. The van der Waals surface area contributed by atoms with Crippen LogP contribution in [0.25, 0.3) is 10.6 Å². The van der Waals surface area contributed by atoms with E-state index in [9.17, 15) is 9.59 Å². The standard InChI is InChI=1S/C23H24N4O4S/c1-4-14(3)19(24-20(28)16-9-10-17-18(11-16)31-12-30-17)21(29)25-23-27-26-22(32-23)15-7-5-13(2)6-8-15/h5-11,14,19H,4,12H2,1-3H3,(H,24,28)(H,25,27,29). The van der Waals surface area contributed by atoms with Gasteiger partial charge in [0, 0.05) is 11.1 Å². The van der Waals surface area contributed by atoms with Gasteiger partial charge < -0.3 is 14.8 Å². The van der Waals surface area contributed by atoms with Crippen molar-refractivity contribution in [1.82, 2.24) is 15.5 Å². The summed E-state index contributed by atoms with van der Waals surface area (Å²) in [4.78, 5) is 25.9. The van der Waals surface area contributed by atoms with Crippen LogP contribution in [0.1, 0.15) is 36.2 Å². The highest BCUT2D eigenvalue weighted by Crippen LogP contribution is 2.32. The Morgan fingerprint density at radius 2 is 1.84 bits per heavy atom. The molecule has 4 rings (SSSR count). The van der Waals surface area contributed by atoms with Gasteiger partial charge in [-0.05, 0) is 31.0 Å². The molecule has 0 aliphatic carbocycles. The number of hydrogen-bond acceptors (Lipinski definition) is 7. The molecule has 2 unspecified atom stereocenters. The van der Waals surface area contributed by atoms with Gasteiger partial charge in [0.2, 0.25) is 17.8 Å². The maximum atomic E-state index is 13.0. The predicted molar refractivity (Wildman–Crippen MR) is 122 cm³/mol. The molecule has 0 fully saturated rings. The van der Waals surface area contributed by atoms with Gasteiger partial charge in [-0.3, -0.25) is 14.9 Å². The number of nitrogens with zero attached hydrogens (tertiary/aromatic N) is 2. The minimum atomic E-state index is -0.732. The summed E-state index contributed by atoms with van der Waals surface area (Å²) in [5.74, 6) is 0.331. The van der Waals surface area contributed by atoms with Gasteiger partial charge in [0.25, 0.3) is 5.91 Å². The Morgan fingerprint density at radius 1 is 1.09 bits per heavy atom. The van der Waals surface area contributed by atoms with Crippen molar-refractivity contribution in [3.63, 3.8) is 0 Å². The first-order valence-corrected chi connectivity index (χ1v) is 11.2. The molecule has 32 heavy (non-hydrogen) atoms. The molecule has 2 atom stereocenters. The van der Waals surface area contributed by atoms with Crippen LogP contribution < -0.4 is 20.1 Å². The number of carbonyl (C=O) groups excluding carboxylic acids is 2. The molecular formula is C23H24N4O4S. The van der Waals surface area contributed by atoms with Crippen molar-refractivity contribution in [1.29, 1.82) is 0 Å². The number of rotatable bonds is 7. The van der Waals surface area contributed by atoms with Crippen LogP contribution in [-0.4, -0.2) is 34.8 Å². The molecule has 0 saturated carbocycles. The summed E-state index contributed by atoms with van der Waals surface area (Å²) in [5, 5.41) is 15.0. The normalized spacial score (nSPS) is 14.0. The molecule has 3 aromatic rings. The highest BCUT2D eigenvalue weighted by molar-refractivity contribution is 7.18. The molecule has 166 valence electrons. The Bertz CT molecular complexity index is 1130. The Labute approximate surface area is 190 Å². The van der Waals surface area contributed by atoms with Gasteiger partial charge in [-0.2, -0.15) is 0 Å². The van der Waals surface area contributed by atoms with Crippen LogP contribution in [0.3, 0.4) is 0 Å². The van der Waals surface area contributed by atoms with Gasteiger partial charge in [0.15, 0.2) is 11.5 Å². The van der Waals surface area contributed by atoms with Crippen molar-refractivity contribution in [3.8, 4) is 22.1 Å². The van der Waals surface area contributed by atoms with E-state index < -0.39 is 6.04 Å². The lowest BCUT2D eigenvalue weighted by atomic mass is 9.98. The zero-order valence-electron chi connectivity index (χ0n) is 18.0. The third kappa shape index (κ3) is 4.72. The largest absolute Gasteiger partial charge is 0.454 e. The van der Waals surface area contributed by atoms with Gasteiger partial charge in [-0.1, -0.05) is 61.4 Å². The topological polar surface area (TPSA) is 102 Å². The van der Waals surface area contributed by atoms with Gasteiger partial charge in [0.05, 0.1) is 0 Å². The molecule has 8 nitrogen and oxygen atoms in total. The highest BCUT2D eigenvalue weighted by atomic mass is 32.1. The van der Waals surface area contributed by atoms with E-state index in [-0.39, 0.29) is 24.5 Å². The molecule has 0 bridgehead atoms. The maximum Gasteiger partial charge on any atom is 0.252 e. The number of amides is 2. The smallest absolute Gasteiger partial charge is 0.252 e. The minimum absolute atomic E-state index is 0.0857. The predicted octanol–water partition coefficient (Wildman–Crippen LogP) is 4.03. The van der Waals surface area contributed by atoms with E-state index >= 15 is 0 Å². The van der Waals surface area contributed by atoms with E-state index in [1.54, 1.807) is 18.2 Å². The fourth-order valence-electron chi connectivity index (χ4n) is 3.23. The zero-order valence-corrected chi connectivity index (χ0v) is 18.9. The molecule has 2 N–H and O–H groups in total. The number of benzene rings is 2. The first-order valence-electron chi connectivity index (χ1n) is 10.4. The third-order valence-corrected chi connectivity index (χ3v) is 6.26. The van der Waals surface area contributed by atoms with Crippen molar-refractivity contribution < 1.29 is 19.1 Å². The molecule has 1 aromatic heterocycles. The molecule has 9 heteroatoms. The van der Waals surface area contributed by atoms with E-state index in [1.807, 2.05) is 45.0 Å². The summed E-state index contributed by atoms with van der Waals surface area (Å²) >= 11 is 1.29. The molecule has 1 aliphatic rings. The van der Waals surface area contributed by atoms with Crippen molar-refractivity contribution in [2.75, 3.05) is 12.1 Å². The molecule has 0 spiro atoms. The van der Waals surface area contributed by atoms with Crippen molar-refractivity contribution >= 4 is 28.3 Å². The van der Waals surface area contributed by atoms with Crippen LogP contribution in [0.2, 0.25) is 0 Å². The molecule has 2 aromatic carbocycles. The summed E-state index contributed by atoms with van der Waals surface area (Å²) in [7, 11) is 0. The van der Waals surface area contributed by atoms with Gasteiger partial charge >= 0.3 is 0 Å². The molecular weight excluding hydrogens is 428 g/mol. The second-order valence-corrected chi connectivity index (χ2v) is 8.65. The van der Waals surface area contributed by atoms with E-state index in [0.717, 1.165) is 11.1 Å². The van der Waals surface area contributed by atoms with Crippen LogP contribution in [-0.2, 0) is 4.79 Å². The second-order valence-electron chi connectivity index (χ2n) is 7.67. The quantitative estimate of drug-likeness (QED) is 0.561. The van der Waals surface area contributed by atoms with Crippen LogP contribution in [0.5, 0.6) is 11.5 Å². The van der Waals surface area contributed by atoms with Gasteiger partial charge in [0.1, 0.15) is 11.0 Å². The summed E-state index contributed by atoms with van der Waals surface area (Å²) < 4.78 is 10.6. The fraction of sp³-hybridized carbons (Fsp3) is 0.304. The molecule has 1 aliphatic heterocycles. The first-order chi connectivity index (χ1) is 15.4. The average molecular weight is 453 g/mol. The van der Waals surface area contributed by atoms with Crippen molar-refractivity contribution in [2.45, 2.75) is 33.2 Å². The summed E-state index contributed by atoms with van der Waals surface area (Å²) in [5.41, 5.74) is 2.48. The third-order valence-electron chi connectivity index (χ3n) is 5.37. The molecule has 2 amide bonds. The number of aryl methyl sites for hydroxylation is 1. The van der Waals surface area contributed by atoms with Crippen molar-refractivity contribution in [2.24, 2.45) is 5.92 Å². The number of nitrogens with one attached hydrogen (secondary N) is 2. The first kappa shape index (κ1) is 21.8. The van der Waals surface area contributed by atoms with Crippen LogP contribution in [0.15, 0.2) is 42.5 Å². The minimum Gasteiger partial charge on any atom is -0.454 e. The number of aromatic nitrogens is 2. The number of fused-ring (bicyclic) bond motifs is 1. The highest BCUT2D eigenvalue weighted by Gasteiger charge is 2.28. The fourth-order valence-corrected chi connectivity index (χ4v) is 3.99.